The van der Waals surface area contributed by atoms with Gasteiger partial charge in [0, 0.05) is 17.2 Å². The van der Waals surface area contributed by atoms with Crippen LogP contribution in [-0.4, -0.2) is 26.2 Å². The molecule has 0 amide bonds. The Bertz CT molecular complexity index is 960. The Morgan fingerprint density at radius 2 is 2.08 bits per heavy atom. The first-order chi connectivity index (χ1) is 12.1. The molecule has 0 radical (unpaired) electrons. The van der Waals surface area contributed by atoms with E-state index in [9.17, 15) is 0 Å². The lowest BCUT2D eigenvalue weighted by Gasteiger charge is -2.11. The van der Waals surface area contributed by atoms with Gasteiger partial charge in [-0.25, -0.2) is 4.98 Å². The number of benzene rings is 1. The van der Waals surface area contributed by atoms with Crippen molar-refractivity contribution < 1.29 is 0 Å². The topological polar surface area (TPSA) is 89.6 Å². The van der Waals surface area contributed by atoms with Crippen LogP contribution in [0, 0.1) is 0 Å². The number of aromatic nitrogens is 4. The molecule has 6 nitrogen and oxygen atoms in total. The smallest absolute Gasteiger partial charge is 0.203 e. The summed E-state index contributed by atoms with van der Waals surface area (Å²) in [5.41, 5.74) is 11.2. The zero-order valence-corrected chi connectivity index (χ0v) is 14.8. The van der Waals surface area contributed by atoms with Crippen LogP contribution in [0.3, 0.4) is 0 Å². The minimum Gasteiger partial charge on any atom is -0.374 e. The highest BCUT2D eigenvalue weighted by atomic mass is 32.1. The average Bonchev–Trinajstić information content (AvgIpc) is 3.20. The van der Waals surface area contributed by atoms with Gasteiger partial charge < -0.3 is 11.1 Å². The second-order valence-corrected chi connectivity index (χ2v) is 7.24. The molecule has 0 spiro atoms. The van der Waals surface area contributed by atoms with Gasteiger partial charge in [-0.15, -0.1) is 10.2 Å². The zero-order valence-electron chi connectivity index (χ0n) is 14.0. The molecular weight excluding hydrogens is 332 g/mol. The van der Waals surface area contributed by atoms with E-state index in [0.29, 0.717) is 11.2 Å². The van der Waals surface area contributed by atoms with Crippen molar-refractivity contribution in [3.63, 3.8) is 0 Å². The van der Waals surface area contributed by atoms with E-state index in [0.717, 1.165) is 34.1 Å². The molecule has 0 bridgehead atoms. The monoisotopic (exact) mass is 350 g/mol. The molecule has 4 rings (SSSR count). The van der Waals surface area contributed by atoms with E-state index >= 15 is 0 Å². The summed E-state index contributed by atoms with van der Waals surface area (Å²) < 4.78 is 0. The van der Waals surface area contributed by atoms with E-state index in [-0.39, 0.29) is 0 Å². The Balaban J connectivity index is 1.71. The molecule has 0 saturated carbocycles. The van der Waals surface area contributed by atoms with Gasteiger partial charge in [0.2, 0.25) is 5.13 Å². The van der Waals surface area contributed by atoms with E-state index in [1.54, 1.807) is 6.20 Å². The van der Waals surface area contributed by atoms with Crippen molar-refractivity contribution in [3.8, 4) is 10.6 Å². The van der Waals surface area contributed by atoms with Gasteiger partial charge in [-0.2, -0.15) is 0 Å². The molecule has 1 aliphatic rings. The van der Waals surface area contributed by atoms with Crippen LogP contribution in [0.2, 0.25) is 0 Å². The maximum atomic E-state index is 5.71. The highest BCUT2D eigenvalue weighted by molar-refractivity contribution is 7.18. The van der Waals surface area contributed by atoms with Gasteiger partial charge >= 0.3 is 0 Å². The lowest BCUT2D eigenvalue weighted by Crippen LogP contribution is -2.11. The van der Waals surface area contributed by atoms with Crippen LogP contribution in [-0.2, 0) is 6.42 Å². The molecule has 0 fully saturated rings. The first kappa shape index (κ1) is 15.7. The first-order valence-corrected chi connectivity index (χ1v) is 8.93. The van der Waals surface area contributed by atoms with Gasteiger partial charge in [-0.05, 0) is 37.5 Å². The minimum absolute atomic E-state index is 0.309. The predicted molar refractivity (Wildman–Crippen MR) is 101 cm³/mol. The summed E-state index contributed by atoms with van der Waals surface area (Å²) in [4.78, 5) is 9.05. The Kier molecular flexibility index (Phi) is 3.93. The van der Waals surface area contributed by atoms with Crippen LogP contribution in [0.5, 0.6) is 0 Å². The standard InChI is InChI=1S/C18H18N6S/c1-10(2)21-16-9-20-8-15(22-16)13-6-5-11-3-4-12(7-14(11)13)17-23-24-18(19)25-17/h3-4,6-10H,5H2,1-2H3,(H2,19,24)(H,21,22). The molecule has 25 heavy (non-hydrogen) atoms. The van der Waals surface area contributed by atoms with Crippen LogP contribution in [0.25, 0.3) is 16.1 Å². The van der Waals surface area contributed by atoms with Crippen molar-refractivity contribution >= 4 is 27.9 Å². The molecular formula is C18H18N6S. The summed E-state index contributed by atoms with van der Waals surface area (Å²) in [6, 6.07) is 6.65. The van der Waals surface area contributed by atoms with E-state index in [1.165, 1.54) is 22.5 Å². The molecule has 1 aromatic carbocycles. The molecule has 0 unspecified atom stereocenters. The predicted octanol–water partition coefficient (Wildman–Crippen LogP) is 3.39. The minimum atomic E-state index is 0.309. The van der Waals surface area contributed by atoms with Gasteiger partial charge in [-0.3, -0.25) is 4.98 Å². The van der Waals surface area contributed by atoms with Gasteiger partial charge in [0.1, 0.15) is 10.8 Å². The number of anilines is 2. The fraction of sp³-hybridized carbons (Fsp3) is 0.222. The summed E-state index contributed by atoms with van der Waals surface area (Å²) in [5.74, 6) is 0.787. The number of fused-ring (bicyclic) bond motifs is 1. The number of rotatable bonds is 4. The fourth-order valence-electron chi connectivity index (χ4n) is 2.92. The zero-order chi connectivity index (χ0) is 17.4. The number of nitrogen functional groups attached to an aromatic ring is 1. The summed E-state index contributed by atoms with van der Waals surface area (Å²) >= 11 is 1.39. The van der Waals surface area contributed by atoms with Gasteiger partial charge in [-0.1, -0.05) is 29.5 Å². The van der Waals surface area contributed by atoms with E-state index in [4.69, 9.17) is 10.7 Å². The quantitative estimate of drug-likeness (QED) is 0.750. The van der Waals surface area contributed by atoms with Crippen LogP contribution < -0.4 is 11.1 Å². The van der Waals surface area contributed by atoms with E-state index in [2.05, 4.69) is 58.6 Å². The Morgan fingerprint density at radius 1 is 1.20 bits per heavy atom. The van der Waals surface area contributed by atoms with Crippen molar-refractivity contribution in [2.45, 2.75) is 26.3 Å². The molecule has 0 saturated heterocycles. The Hall–Kier alpha value is -2.80. The van der Waals surface area contributed by atoms with Crippen molar-refractivity contribution in [1.82, 2.24) is 20.2 Å². The van der Waals surface area contributed by atoms with Crippen LogP contribution in [0.4, 0.5) is 10.9 Å². The second-order valence-electron chi connectivity index (χ2n) is 6.23. The van der Waals surface area contributed by atoms with Crippen molar-refractivity contribution in [3.05, 3.63) is 53.5 Å². The Labute approximate surface area is 149 Å². The fourth-order valence-corrected chi connectivity index (χ4v) is 3.52. The van der Waals surface area contributed by atoms with Gasteiger partial charge in [0.15, 0.2) is 0 Å². The van der Waals surface area contributed by atoms with E-state index < -0.39 is 0 Å². The average molecular weight is 350 g/mol. The maximum absolute atomic E-state index is 5.71. The van der Waals surface area contributed by atoms with Crippen LogP contribution >= 0.6 is 11.3 Å². The first-order valence-electron chi connectivity index (χ1n) is 8.12. The summed E-state index contributed by atoms with van der Waals surface area (Å²) in [7, 11) is 0. The summed E-state index contributed by atoms with van der Waals surface area (Å²) in [5, 5.41) is 12.7. The van der Waals surface area contributed by atoms with Crippen molar-refractivity contribution in [2.75, 3.05) is 11.1 Å². The van der Waals surface area contributed by atoms with Crippen molar-refractivity contribution in [2.24, 2.45) is 0 Å². The van der Waals surface area contributed by atoms with Crippen LogP contribution in [0.15, 0.2) is 36.7 Å². The summed E-state index contributed by atoms with van der Waals surface area (Å²) in [6.45, 7) is 4.16. The highest BCUT2D eigenvalue weighted by Crippen LogP contribution is 2.35. The number of hydrogen-bond donors (Lipinski definition) is 2. The maximum Gasteiger partial charge on any atom is 0.203 e. The third kappa shape index (κ3) is 3.10. The molecule has 126 valence electrons. The molecule has 3 aromatic rings. The van der Waals surface area contributed by atoms with Crippen LogP contribution in [0.1, 0.15) is 30.7 Å². The largest absolute Gasteiger partial charge is 0.374 e. The lowest BCUT2D eigenvalue weighted by atomic mass is 10.0. The normalized spacial score (nSPS) is 13.0. The number of allylic oxidation sites excluding steroid dienone is 1. The Morgan fingerprint density at radius 3 is 2.84 bits per heavy atom. The molecule has 1 aliphatic carbocycles. The highest BCUT2D eigenvalue weighted by Gasteiger charge is 2.19. The number of nitrogens with one attached hydrogen (secondary N) is 1. The summed E-state index contributed by atoms with van der Waals surface area (Å²) in [6.07, 6.45) is 6.65. The number of nitrogens with zero attached hydrogens (tertiary/aromatic N) is 4. The number of hydrogen-bond acceptors (Lipinski definition) is 7. The molecule has 7 heteroatoms. The third-order valence-electron chi connectivity index (χ3n) is 3.96. The van der Waals surface area contributed by atoms with Gasteiger partial charge in [0.05, 0.1) is 18.1 Å². The third-order valence-corrected chi connectivity index (χ3v) is 4.76. The SMILES string of the molecule is CC(C)Nc1cncc(C2=CCc3ccc(-c4nnc(N)s4)cc32)n1. The molecule has 0 aliphatic heterocycles. The number of nitrogens with two attached hydrogens (primary N) is 1. The molecule has 3 N–H and O–H groups in total. The van der Waals surface area contributed by atoms with E-state index in [1.807, 2.05) is 6.20 Å². The van der Waals surface area contributed by atoms with Crippen molar-refractivity contribution in [1.29, 1.82) is 0 Å². The second kappa shape index (κ2) is 6.25. The lowest BCUT2D eigenvalue weighted by molar-refractivity contribution is 0.884. The molecule has 2 aromatic heterocycles. The van der Waals surface area contributed by atoms with Gasteiger partial charge in [0.25, 0.3) is 0 Å². The molecule has 2 heterocycles. The molecule has 0 atom stereocenters.